The van der Waals surface area contributed by atoms with E-state index < -0.39 is 18.1 Å². The number of hydrogen-bond acceptors (Lipinski definition) is 2. The van der Waals surface area contributed by atoms with E-state index in [0.717, 1.165) is 0 Å². The van der Waals surface area contributed by atoms with Crippen LogP contribution in [-0.2, 0) is 4.79 Å². The molecule has 1 heterocycles. The van der Waals surface area contributed by atoms with E-state index in [1.54, 1.807) is 25.7 Å². The highest BCUT2D eigenvalue weighted by Gasteiger charge is 2.37. The predicted octanol–water partition coefficient (Wildman–Crippen LogP) is 1.40. The Kier molecular flexibility index (Phi) is 3.52. The lowest BCUT2D eigenvalue weighted by Crippen LogP contribution is -2.62. The van der Waals surface area contributed by atoms with E-state index in [0.29, 0.717) is 13.1 Å². The molecule has 0 unspecified atom stereocenters. The van der Waals surface area contributed by atoms with Crippen LogP contribution in [0.3, 0.4) is 0 Å². The van der Waals surface area contributed by atoms with E-state index in [1.165, 1.54) is 0 Å². The second-order valence-corrected chi connectivity index (χ2v) is 5.15. The number of nitrogens with one attached hydrogen (secondary N) is 1. The standard InChI is InChI=1S/C10H17F3N2O/c1-9(2,3)8(16)15-4-7(5-15)14-6-10(11,12)13/h7,14H,4-6H2,1-3H3. The maximum Gasteiger partial charge on any atom is 0.401 e. The minimum atomic E-state index is -4.19. The van der Waals surface area contributed by atoms with E-state index in [4.69, 9.17) is 0 Å². The van der Waals surface area contributed by atoms with Crippen molar-refractivity contribution in [3.63, 3.8) is 0 Å². The van der Waals surface area contributed by atoms with Gasteiger partial charge >= 0.3 is 6.18 Å². The van der Waals surface area contributed by atoms with Gasteiger partial charge in [-0.2, -0.15) is 13.2 Å². The molecule has 0 aromatic rings. The van der Waals surface area contributed by atoms with Crippen LogP contribution in [0.2, 0.25) is 0 Å². The van der Waals surface area contributed by atoms with E-state index in [2.05, 4.69) is 5.32 Å². The molecule has 0 aliphatic carbocycles. The third-order valence-corrected chi connectivity index (χ3v) is 2.40. The third-order valence-electron chi connectivity index (χ3n) is 2.40. The van der Waals surface area contributed by atoms with Crippen molar-refractivity contribution in [3.05, 3.63) is 0 Å². The molecule has 1 aliphatic rings. The van der Waals surface area contributed by atoms with Gasteiger partial charge in [-0.05, 0) is 0 Å². The highest BCUT2D eigenvalue weighted by Crippen LogP contribution is 2.22. The molecule has 0 aromatic carbocycles. The summed E-state index contributed by atoms with van der Waals surface area (Å²) in [7, 11) is 0. The number of carbonyl (C=O) groups excluding carboxylic acids is 1. The average Bonchev–Trinajstić information content (AvgIpc) is 1.96. The number of alkyl halides is 3. The summed E-state index contributed by atoms with van der Waals surface area (Å²) in [6.07, 6.45) is -4.19. The van der Waals surface area contributed by atoms with E-state index in [9.17, 15) is 18.0 Å². The molecular weight excluding hydrogens is 221 g/mol. The van der Waals surface area contributed by atoms with Crippen LogP contribution in [0.5, 0.6) is 0 Å². The Bertz CT molecular complexity index is 264. The lowest BCUT2D eigenvalue weighted by molar-refractivity contribution is -0.146. The van der Waals surface area contributed by atoms with E-state index in [-0.39, 0.29) is 11.9 Å². The van der Waals surface area contributed by atoms with Gasteiger partial charge in [0, 0.05) is 24.5 Å². The molecule has 0 aromatic heterocycles. The number of halogens is 3. The van der Waals surface area contributed by atoms with Crippen LogP contribution in [-0.4, -0.2) is 42.7 Å². The summed E-state index contributed by atoms with van der Waals surface area (Å²) in [5.74, 6) is -0.0161. The Morgan fingerprint density at radius 1 is 1.31 bits per heavy atom. The van der Waals surface area contributed by atoms with Crippen molar-refractivity contribution in [1.82, 2.24) is 10.2 Å². The number of rotatable bonds is 2. The van der Waals surface area contributed by atoms with Crippen LogP contribution in [0.4, 0.5) is 13.2 Å². The van der Waals surface area contributed by atoms with Crippen molar-refractivity contribution < 1.29 is 18.0 Å². The van der Waals surface area contributed by atoms with Gasteiger partial charge in [-0.1, -0.05) is 20.8 Å². The van der Waals surface area contributed by atoms with Gasteiger partial charge in [-0.25, -0.2) is 0 Å². The van der Waals surface area contributed by atoms with Gasteiger partial charge in [0.2, 0.25) is 5.91 Å². The molecule has 1 fully saturated rings. The number of carbonyl (C=O) groups is 1. The lowest BCUT2D eigenvalue weighted by Gasteiger charge is -2.42. The zero-order chi connectivity index (χ0) is 12.6. The van der Waals surface area contributed by atoms with Crippen molar-refractivity contribution in [2.75, 3.05) is 19.6 Å². The van der Waals surface area contributed by atoms with Crippen molar-refractivity contribution in [3.8, 4) is 0 Å². The minimum Gasteiger partial charge on any atom is -0.339 e. The van der Waals surface area contributed by atoms with Gasteiger partial charge in [0.15, 0.2) is 0 Å². The van der Waals surface area contributed by atoms with Crippen LogP contribution < -0.4 is 5.32 Å². The first-order valence-corrected chi connectivity index (χ1v) is 5.19. The zero-order valence-corrected chi connectivity index (χ0v) is 9.69. The molecule has 1 rings (SSSR count). The predicted molar refractivity (Wildman–Crippen MR) is 53.9 cm³/mol. The van der Waals surface area contributed by atoms with Crippen LogP contribution in [0, 0.1) is 5.41 Å². The van der Waals surface area contributed by atoms with Gasteiger partial charge in [-0.15, -0.1) is 0 Å². The van der Waals surface area contributed by atoms with Crippen molar-refractivity contribution in [2.24, 2.45) is 5.41 Å². The first kappa shape index (κ1) is 13.3. The Labute approximate surface area is 93.0 Å². The smallest absolute Gasteiger partial charge is 0.339 e. The molecule has 1 amide bonds. The van der Waals surface area contributed by atoms with Gasteiger partial charge in [-0.3, -0.25) is 4.79 Å². The molecule has 94 valence electrons. The molecular formula is C10H17F3N2O. The SMILES string of the molecule is CC(C)(C)C(=O)N1CC(NCC(F)(F)F)C1. The first-order chi connectivity index (χ1) is 7.09. The monoisotopic (exact) mass is 238 g/mol. The Balaban J connectivity index is 2.26. The molecule has 3 nitrogen and oxygen atoms in total. The zero-order valence-electron chi connectivity index (χ0n) is 9.69. The first-order valence-electron chi connectivity index (χ1n) is 5.19. The summed E-state index contributed by atoms with van der Waals surface area (Å²) in [6, 6.07) is -0.229. The molecule has 0 bridgehead atoms. The number of amides is 1. The summed E-state index contributed by atoms with van der Waals surface area (Å²) in [5, 5.41) is 2.38. The quantitative estimate of drug-likeness (QED) is 0.788. The normalized spacial score (nSPS) is 18.5. The van der Waals surface area contributed by atoms with Crippen LogP contribution >= 0.6 is 0 Å². The molecule has 0 spiro atoms. The fourth-order valence-corrected chi connectivity index (χ4v) is 1.51. The molecule has 16 heavy (non-hydrogen) atoms. The number of likely N-dealkylation sites (tertiary alicyclic amines) is 1. The van der Waals surface area contributed by atoms with Gasteiger partial charge in [0.25, 0.3) is 0 Å². The largest absolute Gasteiger partial charge is 0.401 e. The summed E-state index contributed by atoms with van der Waals surface area (Å²) in [5.41, 5.74) is -0.463. The number of hydrogen-bond donors (Lipinski definition) is 1. The van der Waals surface area contributed by atoms with Crippen LogP contribution in [0.1, 0.15) is 20.8 Å². The topological polar surface area (TPSA) is 32.3 Å². The van der Waals surface area contributed by atoms with Gasteiger partial charge in [0.1, 0.15) is 0 Å². The summed E-state index contributed by atoms with van der Waals surface area (Å²) in [4.78, 5) is 13.2. The van der Waals surface area contributed by atoms with Crippen molar-refractivity contribution in [1.29, 1.82) is 0 Å². The molecule has 1 N–H and O–H groups in total. The summed E-state index contributed by atoms with van der Waals surface area (Å²) in [6.45, 7) is 5.14. The molecule has 0 radical (unpaired) electrons. The molecule has 1 aliphatic heterocycles. The highest BCUT2D eigenvalue weighted by molar-refractivity contribution is 5.82. The van der Waals surface area contributed by atoms with Crippen molar-refractivity contribution in [2.45, 2.75) is 33.0 Å². The molecule has 6 heteroatoms. The third kappa shape index (κ3) is 3.66. The fourth-order valence-electron chi connectivity index (χ4n) is 1.51. The average molecular weight is 238 g/mol. The van der Waals surface area contributed by atoms with Gasteiger partial charge in [0.05, 0.1) is 6.54 Å². The van der Waals surface area contributed by atoms with E-state index in [1.807, 2.05) is 0 Å². The van der Waals surface area contributed by atoms with Crippen LogP contribution in [0.15, 0.2) is 0 Å². The minimum absolute atomic E-state index is 0.0161. The molecule has 0 saturated carbocycles. The molecule has 0 atom stereocenters. The fraction of sp³-hybridized carbons (Fsp3) is 0.900. The number of nitrogens with zero attached hydrogens (tertiary/aromatic N) is 1. The van der Waals surface area contributed by atoms with Gasteiger partial charge < -0.3 is 10.2 Å². The van der Waals surface area contributed by atoms with E-state index >= 15 is 0 Å². The maximum atomic E-state index is 11.9. The molecule has 1 saturated heterocycles. The maximum absolute atomic E-state index is 11.9. The Hall–Kier alpha value is -0.780. The Morgan fingerprint density at radius 3 is 2.19 bits per heavy atom. The summed E-state index contributed by atoms with van der Waals surface area (Å²) < 4.78 is 35.6. The summed E-state index contributed by atoms with van der Waals surface area (Å²) >= 11 is 0. The lowest BCUT2D eigenvalue weighted by atomic mass is 9.92. The Morgan fingerprint density at radius 2 is 1.81 bits per heavy atom. The highest BCUT2D eigenvalue weighted by atomic mass is 19.4. The van der Waals surface area contributed by atoms with Crippen LogP contribution in [0.25, 0.3) is 0 Å². The second-order valence-electron chi connectivity index (χ2n) is 5.15. The van der Waals surface area contributed by atoms with Crippen molar-refractivity contribution >= 4 is 5.91 Å². The second kappa shape index (κ2) is 4.24.